The Balaban J connectivity index is 2.16. The van der Waals surface area contributed by atoms with E-state index in [-0.39, 0.29) is 5.56 Å². The largest absolute Gasteiger partial charge is 0.361 e. The summed E-state index contributed by atoms with van der Waals surface area (Å²) in [7, 11) is 1.71. The maximum Gasteiger partial charge on any atom is 0.293 e. The first kappa shape index (κ1) is 11.4. The van der Waals surface area contributed by atoms with Gasteiger partial charge < -0.3 is 9.88 Å². The lowest BCUT2D eigenvalue weighted by molar-refractivity contribution is 0.839. The number of aromatic nitrogens is 2. The van der Waals surface area contributed by atoms with Crippen LogP contribution in [0.2, 0.25) is 0 Å². The Morgan fingerprint density at radius 1 is 1.35 bits per heavy atom. The SMILES string of the molecule is Cc1ccccc1CNc1nccn(C)c1=O. The van der Waals surface area contributed by atoms with Crippen LogP contribution in [-0.4, -0.2) is 9.55 Å². The third kappa shape index (κ3) is 2.53. The van der Waals surface area contributed by atoms with Crippen LogP contribution in [0.25, 0.3) is 0 Å². The molecule has 4 nitrogen and oxygen atoms in total. The number of hydrogen-bond acceptors (Lipinski definition) is 3. The fraction of sp³-hybridized carbons (Fsp3) is 0.231. The molecule has 1 heterocycles. The van der Waals surface area contributed by atoms with Crippen LogP contribution < -0.4 is 10.9 Å². The summed E-state index contributed by atoms with van der Waals surface area (Å²) in [5, 5.41) is 3.07. The van der Waals surface area contributed by atoms with Crippen molar-refractivity contribution >= 4 is 5.82 Å². The van der Waals surface area contributed by atoms with Gasteiger partial charge in [0, 0.05) is 26.0 Å². The van der Waals surface area contributed by atoms with E-state index in [0.29, 0.717) is 12.4 Å². The highest BCUT2D eigenvalue weighted by Gasteiger charge is 2.02. The van der Waals surface area contributed by atoms with Crippen molar-refractivity contribution in [2.45, 2.75) is 13.5 Å². The summed E-state index contributed by atoms with van der Waals surface area (Å²) in [5.41, 5.74) is 2.26. The smallest absolute Gasteiger partial charge is 0.293 e. The Morgan fingerprint density at radius 3 is 2.88 bits per heavy atom. The van der Waals surface area contributed by atoms with E-state index in [0.717, 1.165) is 0 Å². The average molecular weight is 229 g/mol. The molecule has 1 N–H and O–H groups in total. The number of hydrogen-bond donors (Lipinski definition) is 1. The molecule has 0 saturated carbocycles. The zero-order valence-electron chi connectivity index (χ0n) is 9.97. The molecule has 88 valence electrons. The van der Waals surface area contributed by atoms with Gasteiger partial charge in [0.15, 0.2) is 5.82 Å². The molecule has 1 aromatic heterocycles. The van der Waals surface area contributed by atoms with Crippen molar-refractivity contribution in [3.8, 4) is 0 Å². The first-order valence-electron chi connectivity index (χ1n) is 5.48. The van der Waals surface area contributed by atoms with Gasteiger partial charge in [-0.25, -0.2) is 4.98 Å². The lowest BCUT2D eigenvalue weighted by Crippen LogP contribution is -2.21. The van der Waals surface area contributed by atoms with Gasteiger partial charge >= 0.3 is 0 Å². The second-order valence-corrected chi connectivity index (χ2v) is 3.97. The minimum Gasteiger partial charge on any atom is -0.361 e. The number of anilines is 1. The molecule has 0 radical (unpaired) electrons. The number of aryl methyl sites for hydroxylation is 2. The van der Waals surface area contributed by atoms with E-state index in [2.05, 4.69) is 10.3 Å². The van der Waals surface area contributed by atoms with Crippen LogP contribution in [0.1, 0.15) is 11.1 Å². The molecular weight excluding hydrogens is 214 g/mol. The average Bonchev–Trinajstić information content (AvgIpc) is 2.33. The zero-order chi connectivity index (χ0) is 12.3. The number of rotatable bonds is 3. The van der Waals surface area contributed by atoms with E-state index >= 15 is 0 Å². The minimum absolute atomic E-state index is 0.110. The summed E-state index contributed by atoms with van der Waals surface area (Å²) in [5.74, 6) is 0.387. The van der Waals surface area contributed by atoms with E-state index in [9.17, 15) is 4.79 Å². The number of nitrogens with zero attached hydrogens (tertiary/aromatic N) is 2. The molecule has 17 heavy (non-hydrogen) atoms. The van der Waals surface area contributed by atoms with Gasteiger partial charge in [-0.05, 0) is 18.1 Å². The van der Waals surface area contributed by atoms with Gasteiger partial charge in [0.25, 0.3) is 5.56 Å². The highest BCUT2D eigenvalue weighted by atomic mass is 16.1. The molecule has 0 aliphatic heterocycles. The maximum absolute atomic E-state index is 11.7. The Morgan fingerprint density at radius 2 is 2.12 bits per heavy atom. The summed E-state index contributed by atoms with van der Waals surface area (Å²) in [4.78, 5) is 15.8. The Bertz CT molecular complexity index is 575. The van der Waals surface area contributed by atoms with Crippen LogP contribution in [0.3, 0.4) is 0 Å². The molecule has 2 rings (SSSR count). The quantitative estimate of drug-likeness (QED) is 0.871. The first-order valence-corrected chi connectivity index (χ1v) is 5.48. The Labute approximate surface area is 99.9 Å². The van der Waals surface area contributed by atoms with Crippen molar-refractivity contribution in [3.63, 3.8) is 0 Å². The number of nitrogens with one attached hydrogen (secondary N) is 1. The molecular formula is C13H15N3O. The lowest BCUT2D eigenvalue weighted by Gasteiger charge is -2.08. The molecule has 0 saturated heterocycles. The summed E-state index contributed by atoms with van der Waals surface area (Å²) >= 11 is 0. The van der Waals surface area contributed by atoms with Crippen molar-refractivity contribution in [2.75, 3.05) is 5.32 Å². The molecule has 0 aliphatic rings. The van der Waals surface area contributed by atoms with Gasteiger partial charge in [0.05, 0.1) is 0 Å². The van der Waals surface area contributed by atoms with Crippen molar-refractivity contribution in [2.24, 2.45) is 7.05 Å². The molecule has 0 fully saturated rings. The van der Waals surface area contributed by atoms with E-state index in [1.54, 1.807) is 19.4 Å². The molecule has 4 heteroatoms. The zero-order valence-corrected chi connectivity index (χ0v) is 9.97. The fourth-order valence-electron chi connectivity index (χ4n) is 1.61. The van der Waals surface area contributed by atoms with Gasteiger partial charge in [0.1, 0.15) is 0 Å². The van der Waals surface area contributed by atoms with Crippen LogP contribution in [0.15, 0.2) is 41.5 Å². The van der Waals surface area contributed by atoms with Gasteiger partial charge in [-0.3, -0.25) is 4.79 Å². The molecule has 0 atom stereocenters. The van der Waals surface area contributed by atoms with E-state index < -0.39 is 0 Å². The topological polar surface area (TPSA) is 46.9 Å². The van der Waals surface area contributed by atoms with Crippen LogP contribution in [0.5, 0.6) is 0 Å². The van der Waals surface area contributed by atoms with Crippen LogP contribution in [0.4, 0.5) is 5.82 Å². The van der Waals surface area contributed by atoms with Gasteiger partial charge in [-0.2, -0.15) is 0 Å². The fourth-order valence-corrected chi connectivity index (χ4v) is 1.61. The molecule has 1 aromatic carbocycles. The van der Waals surface area contributed by atoms with E-state index in [4.69, 9.17) is 0 Å². The molecule has 0 bridgehead atoms. The van der Waals surface area contributed by atoms with Gasteiger partial charge in [-0.1, -0.05) is 24.3 Å². The highest BCUT2D eigenvalue weighted by Crippen LogP contribution is 2.08. The summed E-state index contributed by atoms with van der Waals surface area (Å²) in [6, 6.07) is 8.07. The standard InChI is InChI=1S/C13H15N3O/c1-10-5-3-4-6-11(10)9-15-12-13(17)16(2)8-7-14-12/h3-8H,9H2,1-2H3,(H,14,15). The predicted octanol–water partition coefficient (Wildman–Crippen LogP) is 1.70. The van der Waals surface area contributed by atoms with Crippen LogP contribution in [0, 0.1) is 6.92 Å². The maximum atomic E-state index is 11.7. The van der Waals surface area contributed by atoms with Gasteiger partial charge in [0.2, 0.25) is 0 Å². The summed E-state index contributed by atoms with van der Waals surface area (Å²) < 4.78 is 1.51. The third-order valence-electron chi connectivity index (χ3n) is 2.72. The molecule has 0 unspecified atom stereocenters. The summed E-state index contributed by atoms with van der Waals surface area (Å²) in [6.45, 7) is 2.66. The highest BCUT2D eigenvalue weighted by molar-refractivity contribution is 5.35. The van der Waals surface area contributed by atoms with Crippen LogP contribution >= 0.6 is 0 Å². The van der Waals surface area contributed by atoms with E-state index in [1.807, 2.05) is 31.2 Å². The molecule has 0 amide bonds. The number of benzene rings is 1. The van der Waals surface area contributed by atoms with Crippen molar-refractivity contribution < 1.29 is 0 Å². The van der Waals surface area contributed by atoms with Crippen molar-refractivity contribution in [1.29, 1.82) is 0 Å². The second kappa shape index (κ2) is 4.82. The summed E-state index contributed by atoms with van der Waals surface area (Å²) in [6.07, 6.45) is 3.25. The van der Waals surface area contributed by atoms with E-state index in [1.165, 1.54) is 15.7 Å². The Kier molecular flexibility index (Phi) is 3.23. The monoisotopic (exact) mass is 229 g/mol. The lowest BCUT2D eigenvalue weighted by atomic mass is 10.1. The van der Waals surface area contributed by atoms with Crippen molar-refractivity contribution in [1.82, 2.24) is 9.55 Å². The Hall–Kier alpha value is -2.10. The van der Waals surface area contributed by atoms with Crippen molar-refractivity contribution in [3.05, 3.63) is 58.1 Å². The second-order valence-electron chi connectivity index (χ2n) is 3.97. The van der Waals surface area contributed by atoms with Crippen LogP contribution in [-0.2, 0) is 13.6 Å². The molecule has 0 aliphatic carbocycles. The third-order valence-corrected chi connectivity index (χ3v) is 2.72. The molecule has 2 aromatic rings. The first-order chi connectivity index (χ1) is 8.18. The normalized spacial score (nSPS) is 10.2. The van der Waals surface area contributed by atoms with Gasteiger partial charge in [-0.15, -0.1) is 0 Å². The predicted molar refractivity (Wildman–Crippen MR) is 68.0 cm³/mol. The minimum atomic E-state index is -0.110. The molecule has 0 spiro atoms.